The third-order valence-corrected chi connectivity index (χ3v) is 5.88. The number of para-hydroxylation sites is 1. The first-order valence-electron chi connectivity index (χ1n) is 10.4. The number of benzene rings is 2. The van der Waals surface area contributed by atoms with Gasteiger partial charge in [0, 0.05) is 42.0 Å². The van der Waals surface area contributed by atoms with Gasteiger partial charge in [-0.3, -0.25) is 9.69 Å². The number of anilines is 1. The average Bonchev–Trinajstić information content (AvgIpc) is 3.29. The molecule has 0 aromatic heterocycles. The molecule has 4 rings (SSSR count). The fourth-order valence-electron chi connectivity index (χ4n) is 3.94. The largest absolute Gasteiger partial charge is 0.487 e. The first-order valence-corrected chi connectivity index (χ1v) is 10.4. The van der Waals surface area contributed by atoms with Crippen LogP contribution in [0.5, 0.6) is 0 Å². The number of likely N-dealkylation sites (N-methyl/N-ethyl adjacent to an activating group) is 2. The molecule has 0 unspecified atom stereocenters. The highest BCUT2D eigenvalue weighted by Crippen LogP contribution is 2.41. The van der Waals surface area contributed by atoms with Crippen molar-refractivity contribution >= 4 is 22.9 Å². The molecule has 2 aliphatic heterocycles. The quantitative estimate of drug-likeness (QED) is 0.729. The minimum Gasteiger partial charge on any atom is -0.487 e. The number of nitrogens with one attached hydrogen (secondary N) is 1. The molecule has 2 aromatic carbocycles. The van der Waals surface area contributed by atoms with E-state index in [1.165, 1.54) is 5.56 Å². The van der Waals surface area contributed by atoms with Crippen LogP contribution in [0, 0.1) is 0 Å². The van der Waals surface area contributed by atoms with Crippen LogP contribution in [0.15, 0.2) is 42.5 Å². The van der Waals surface area contributed by atoms with Crippen molar-refractivity contribution in [2.45, 2.75) is 27.0 Å². The Labute approximate surface area is 173 Å². The van der Waals surface area contributed by atoms with E-state index in [1.54, 1.807) is 0 Å². The molecule has 2 heterocycles. The van der Waals surface area contributed by atoms with Crippen molar-refractivity contribution in [2.24, 2.45) is 0 Å². The smallest absolute Gasteiger partial charge is 0.260 e. The molecule has 0 spiro atoms. The second kappa shape index (κ2) is 8.39. The Hall–Kier alpha value is -2.63. The van der Waals surface area contributed by atoms with Crippen molar-refractivity contribution in [1.29, 1.82) is 0 Å². The van der Waals surface area contributed by atoms with Crippen LogP contribution in [0.25, 0.3) is 11.3 Å². The van der Waals surface area contributed by atoms with E-state index in [9.17, 15) is 4.79 Å². The molecule has 0 saturated carbocycles. The van der Waals surface area contributed by atoms with Crippen LogP contribution in [0.3, 0.4) is 0 Å². The number of fused-ring (bicyclic) bond motifs is 2. The summed E-state index contributed by atoms with van der Waals surface area (Å²) in [6.07, 6.45) is 0. The van der Waals surface area contributed by atoms with E-state index >= 15 is 0 Å². The maximum absolute atomic E-state index is 12.6. The predicted molar refractivity (Wildman–Crippen MR) is 117 cm³/mol. The number of nitrogens with zero attached hydrogens (tertiary/aromatic N) is 2. The molecule has 2 aliphatic rings. The van der Waals surface area contributed by atoms with Crippen molar-refractivity contribution < 1.29 is 9.53 Å². The zero-order valence-corrected chi connectivity index (χ0v) is 17.5. The van der Waals surface area contributed by atoms with Crippen LogP contribution < -0.4 is 5.32 Å². The van der Waals surface area contributed by atoms with Gasteiger partial charge in [-0.15, -0.1) is 0 Å². The number of ether oxygens (including phenoxy) is 1. The lowest BCUT2D eigenvalue weighted by Gasteiger charge is -2.23. The Kier molecular flexibility index (Phi) is 5.69. The Morgan fingerprint density at radius 1 is 1.03 bits per heavy atom. The number of hydrogen-bond donors (Lipinski definition) is 1. The van der Waals surface area contributed by atoms with E-state index in [1.807, 2.05) is 24.3 Å². The molecular weight excluding hydrogens is 362 g/mol. The molecule has 29 heavy (non-hydrogen) atoms. The summed E-state index contributed by atoms with van der Waals surface area (Å²) in [4.78, 5) is 17.4. The van der Waals surface area contributed by atoms with Gasteiger partial charge in [0.2, 0.25) is 0 Å². The van der Waals surface area contributed by atoms with Crippen LogP contribution in [0.4, 0.5) is 5.69 Å². The number of carbonyl (C=O) groups is 1. The maximum Gasteiger partial charge on any atom is 0.260 e. The monoisotopic (exact) mass is 391 g/mol. The van der Waals surface area contributed by atoms with Crippen molar-refractivity contribution in [3.05, 3.63) is 64.7 Å². The van der Waals surface area contributed by atoms with E-state index in [0.717, 1.165) is 55.1 Å². The van der Waals surface area contributed by atoms with E-state index in [4.69, 9.17) is 4.74 Å². The molecule has 0 aliphatic carbocycles. The van der Waals surface area contributed by atoms with E-state index in [-0.39, 0.29) is 5.91 Å². The predicted octanol–water partition coefficient (Wildman–Crippen LogP) is 3.81. The number of hydrogen-bond acceptors (Lipinski definition) is 4. The van der Waals surface area contributed by atoms with Crippen LogP contribution in [-0.2, 0) is 22.7 Å². The number of amides is 1. The first kappa shape index (κ1) is 19.7. The van der Waals surface area contributed by atoms with Crippen molar-refractivity contribution in [2.75, 3.05) is 38.5 Å². The van der Waals surface area contributed by atoms with Gasteiger partial charge in [0.25, 0.3) is 5.91 Å². The molecule has 2 aromatic rings. The summed E-state index contributed by atoms with van der Waals surface area (Å²) >= 11 is 0. The lowest BCUT2D eigenvalue weighted by molar-refractivity contribution is -0.110. The summed E-state index contributed by atoms with van der Waals surface area (Å²) in [6.45, 7) is 10.1. The second-order valence-electron chi connectivity index (χ2n) is 7.75. The van der Waals surface area contributed by atoms with Crippen LogP contribution >= 0.6 is 0 Å². The molecule has 5 nitrogen and oxygen atoms in total. The Morgan fingerprint density at radius 3 is 2.66 bits per heavy atom. The van der Waals surface area contributed by atoms with Crippen molar-refractivity contribution in [3.8, 4) is 0 Å². The van der Waals surface area contributed by atoms with Gasteiger partial charge in [-0.25, -0.2) is 0 Å². The Morgan fingerprint density at radius 2 is 1.86 bits per heavy atom. The summed E-state index contributed by atoms with van der Waals surface area (Å²) < 4.78 is 6.01. The topological polar surface area (TPSA) is 44.8 Å². The van der Waals surface area contributed by atoms with Gasteiger partial charge >= 0.3 is 0 Å². The lowest BCUT2D eigenvalue weighted by Crippen LogP contribution is -2.32. The van der Waals surface area contributed by atoms with Crippen LogP contribution in [0.2, 0.25) is 0 Å². The van der Waals surface area contributed by atoms with E-state index in [2.05, 4.69) is 54.2 Å². The molecular formula is C24H29N3O2. The Balaban J connectivity index is 1.56. The lowest BCUT2D eigenvalue weighted by atomic mass is 9.99. The molecule has 0 fully saturated rings. The van der Waals surface area contributed by atoms with Gasteiger partial charge in [0.1, 0.15) is 12.4 Å². The number of carbonyl (C=O) groups excluding carboxylic acids is 1. The summed E-state index contributed by atoms with van der Waals surface area (Å²) in [6, 6.07) is 14.3. The molecule has 0 atom stereocenters. The molecule has 0 radical (unpaired) electrons. The normalized spacial score (nSPS) is 17.5. The standard InChI is InChI=1S/C24H29N3O2/c1-4-26(3)12-13-27(5-2)15-17-10-11-19-18(14-17)16-29-23(19)22-20-8-6-7-9-21(20)25-24(22)28/h6-11,14H,4-5,12-13,15-16H2,1-3H3,(H,25,28)/b23-22+. The van der Waals surface area contributed by atoms with E-state index < -0.39 is 0 Å². The first-order chi connectivity index (χ1) is 14.1. The highest BCUT2D eigenvalue weighted by Gasteiger charge is 2.32. The summed E-state index contributed by atoms with van der Waals surface area (Å²) in [5, 5.41) is 2.94. The highest BCUT2D eigenvalue weighted by molar-refractivity contribution is 6.36. The summed E-state index contributed by atoms with van der Waals surface area (Å²) in [7, 11) is 2.16. The van der Waals surface area contributed by atoms with Crippen LogP contribution in [0.1, 0.15) is 36.1 Å². The number of rotatable bonds is 7. The van der Waals surface area contributed by atoms with E-state index in [0.29, 0.717) is 17.9 Å². The molecule has 1 N–H and O–H groups in total. The maximum atomic E-state index is 12.6. The van der Waals surface area contributed by atoms with Gasteiger partial charge in [-0.2, -0.15) is 0 Å². The van der Waals surface area contributed by atoms with Gasteiger partial charge < -0.3 is 15.0 Å². The molecule has 1 amide bonds. The molecule has 152 valence electrons. The second-order valence-corrected chi connectivity index (χ2v) is 7.75. The third kappa shape index (κ3) is 3.93. The Bertz CT molecular complexity index is 951. The SMILES string of the molecule is CCN(C)CCN(CC)Cc1ccc2c(c1)CO/C2=C1/C(=O)Nc2ccccc21. The van der Waals surface area contributed by atoms with Crippen LogP contribution in [-0.4, -0.2) is 48.9 Å². The molecule has 0 saturated heterocycles. The van der Waals surface area contributed by atoms with Gasteiger partial charge in [0.05, 0.1) is 5.57 Å². The third-order valence-electron chi connectivity index (χ3n) is 5.88. The zero-order valence-electron chi connectivity index (χ0n) is 17.5. The van der Waals surface area contributed by atoms with Crippen molar-refractivity contribution in [3.63, 3.8) is 0 Å². The molecule has 0 bridgehead atoms. The van der Waals surface area contributed by atoms with Gasteiger partial charge in [0.15, 0.2) is 0 Å². The highest BCUT2D eigenvalue weighted by atomic mass is 16.5. The minimum atomic E-state index is -0.0877. The minimum absolute atomic E-state index is 0.0877. The zero-order chi connectivity index (χ0) is 20.4. The summed E-state index contributed by atoms with van der Waals surface area (Å²) in [5.74, 6) is 0.612. The fraction of sp³-hybridized carbons (Fsp3) is 0.375. The van der Waals surface area contributed by atoms with Gasteiger partial charge in [-0.1, -0.05) is 50.2 Å². The molecule has 5 heteroatoms. The van der Waals surface area contributed by atoms with Gasteiger partial charge in [-0.05, 0) is 31.8 Å². The fourth-order valence-corrected chi connectivity index (χ4v) is 3.94. The summed E-state index contributed by atoms with van der Waals surface area (Å²) in [5.41, 5.74) is 5.89. The van der Waals surface area contributed by atoms with Crippen molar-refractivity contribution in [1.82, 2.24) is 9.80 Å². The average molecular weight is 392 g/mol.